The fourth-order valence-corrected chi connectivity index (χ4v) is 2.99. The van der Waals surface area contributed by atoms with Gasteiger partial charge in [0.05, 0.1) is 13.2 Å². The van der Waals surface area contributed by atoms with Gasteiger partial charge < -0.3 is 4.74 Å². The zero-order valence-corrected chi connectivity index (χ0v) is 13.6. The smallest absolute Gasteiger partial charge is 0.231 e. The molecule has 1 N–H and O–H groups in total. The summed E-state index contributed by atoms with van der Waals surface area (Å²) in [6, 6.07) is 0. The van der Waals surface area contributed by atoms with Crippen LogP contribution in [0.2, 0.25) is 0 Å². The molecule has 1 saturated carbocycles. The van der Waals surface area contributed by atoms with Gasteiger partial charge >= 0.3 is 0 Å². The Labute approximate surface area is 129 Å². The van der Waals surface area contributed by atoms with Crippen molar-refractivity contribution in [2.75, 3.05) is 20.3 Å². The first-order chi connectivity index (χ1) is 10.1. The largest absolute Gasteiger partial charge is 0.383 e. The van der Waals surface area contributed by atoms with Gasteiger partial charge in [-0.2, -0.15) is 0 Å². The summed E-state index contributed by atoms with van der Waals surface area (Å²) in [5, 5.41) is 7.86. The minimum atomic E-state index is -0.0379. The molecule has 1 unspecified atom stereocenters. The second-order valence-corrected chi connectivity index (χ2v) is 6.05. The lowest BCUT2D eigenvalue weighted by atomic mass is 9.84. The van der Waals surface area contributed by atoms with Gasteiger partial charge in [-0.05, 0) is 24.8 Å². The van der Waals surface area contributed by atoms with E-state index >= 15 is 0 Å². The number of carbonyl (C=O) groups is 1. The quantitative estimate of drug-likeness (QED) is 0.549. The summed E-state index contributed by atoms with van der Waals surface area (Å²) in [6.45, 7) is 6.43. The number of nitrogens with one attached hydrogen (secondary N) is 1. The van der Waals surface area contributed by atoms with Crippen LogP contribution in [0.5, 0.6) is 0 Å². The number of carbonyl (C=O) groups excluding carboxylic acids is 1. The van der Waals surface area contributed by atoms with Crippen LogP contribution in [0.25, 0.3) is 0 Å². The van der Waals surface area contributed by atoms with Crippen LogP contribution in [0.1, 0.15) is 51.9 Å². The van der Waals surface area contributed by atoms with Crippen molar-refractivity contribution < 1.29 is 9.53 Å². The van der Waals surface area contributed by atoms with Crippen LogP contribution in [0, 0.1) is 17.2 Å². The molecule has 1 aliphatic carbocycles. The highest BCUT2D eigenvalue weighted by Crippen LogP contribution is 2.28. The lowest BCUT2D eigenvalue weighted by Crippen LogP contribution is -2.41. The molecular formula is C17H30N2O2. The molecule has 0 bridgehead atoms. The summed E-state index contributed by atoms with van der Waals surface area (Å²) in [7, 11) is 1.60. The maximum Gasteiger partial charge on any atom is 0.231 e. The maximum absolute atomic E-state index is 12.5. The lowest BCUT2D eigenvalue weighted by Gasteiger charge is -2.26. The third-order valence-electron chi connectivity index (χ3n) is 4.42. The molecule has 1 amide bonds. The number of hydrogen-bond acceptors (Lipinski definition) is 3. The van der Waals surface area contributed by atoms with E-state index in [9.17, 15) is 4.79 Å². The molecule has 0 aromatic heterocycles. The molecule has 1 aliphatic rings. The van der Waals surface area contributed by atoms with Gasteiger partial charge in [0.1, 0.15) is 5.84 Å². The average Bonchev–Trinajstić information content (AvgIpc) is 2.53. The molecule has 0 spiro atoms. The first-order valence-electron chi connectivity index (χ1n) is 8.11. The normalized spacial score (nSPS) is 17.2. The molecule has 1 atom stereocenters. The predicted molar refractivity (Wildman–Crippen MR) is 86.5 cm³/mol. The van der Waals surface area contributed by atoms with E-state index in [0.29, 0.717) is 13.2 Å². The van der Waals surface area contributed by atoms with Crippen LogP contribution >= 0.6 is 0 Å². The van der Waals surface area contributed by atoms with E-state index < -0.39 is 0 Å². The van der Waals surface area contributed by atoms with E-state index in [0.717, 1.165) is 18.8 Å². The van der Waals surface area contributed by atoms with Crippen molar-refractivity contribution in [2.24, 2.45) is 11.8 Å². The van der Waals surface area contributed by atoms with E-state index in [1.807, 2.05) is 6.92 Å². The van der Waals surface area contributed by atoms with E-state index in [1.54, 1.807) is 7.11 Å². The van der Waals surface area contributed by atoms with Crippen molar-refractivity contribution in [1.29, 1.82) is 5.41 Å². The molecule has 4 nitrogen and oxygen atoms in total. The van der Waals surface area contributed by atoms with Crippen molar-refractivity contribution >= 4 is 11.7 Å². The van der Waals surface area contributed by atoms with Gasteiger partial charge in [-0.15, -0.1) is 0 Å². The van der Waals surface area contributed by atoms with E-state index in [2.05, 4.69) is 6.58 Å². The molecule has 0 heterocycles. The van der Waals surface area contributed by atoms with E-state index in [-0.39, 0.29) is 17.7 Å². The van der Waals surface area contributed by atoms with Gasteiger partial charge in [0.2, 0.25) is 5.91 Å². The zero-order chi connectivity index (χ0) is 15.7. The summed E-state index contributed by atoms with van der Waals surface area (Å²) in [6.07, 6.45) is 10.1. The highest BCUT2D eigenvalue weighted by molar-refractivity contribution is 6.02. The van der Waals surface area contributed by atoms with Gasteiger partial charge in [-0.25, -0.2) is 0 Å². The van der Waals surface area contributed by atoms with Crippen LogP contribution in [0.4, 0.5) is 0 Å². The van der Waals surface area contributed by atoms with Gasteiger partial charge in [-0.3, -0.25) is 15.1 Å². The number of nitrogens with zero attached hydrogens (tertiary/aromatic N) is 1. The van der Waals surface area contributed by atoms with Gasteiger partial charge in [-0.1, -0.05) is 45.6 Å². The standard InChI is InChI=1S/C17H30N2O2/c1-4-16(18)19(12-13-21-3)17(20)14(2)10-11-15-8-6-5-7-9-15/h4,14-15,18H,1,5-13H2,2-3H3. The third-order valence-corrected chi connectivity index (χ3v) is 4.42. The summed E-state index contributed by atoms with van der Waals surface area (Å²) in [4.78, 5) is 14.0. The van der Waals surface area contributed by atoms with Crippen LogP contribution in [-0.2, 0) is 9.53 Å². The molecule has 0 aliphatic heterocycles. The van der Waals surface area contributed by atoms with Crippen molar-refractivity contribution in [3.8, 4) is 0 Å². The molecule has 0 radical (unpaired) electrons. The molecule has 1 rings (SSSR count). The number of methoxy groups -OCH3 is 1. The average molecular weight is 294 g/mol. The third kappa shape index (κ3) is 6.00. The molecule has 21 heavy (non-hydrogen) atoms. The summed E-state index contributed by atoms with van der Waals surface area (Å²) < 4.78 is 5.03. The zero-order valence-electron chi connectivity index (χ0n) is 13.6. The van der Waals surface area contributed by atoms with Gasteiger partial charge in [0, 0.05) is 13.0 Å². The number of amides is 1. The molecular weight excluding hydrogens is 264 g/mol. The number of hydrogen-bond donors (Lipinski definition) is 1. The monoisotopic (exact) mass is 294 g/mol. The van der Waals surface area contributed by atoms with Gasteiger partial charge in [0.25, 0.3) is 0 Å². The van der Waals surface area contributed by atoms with Crippen LogP contribution in [-0.4, -0.2) is 36.9 Å². The Morgan fingerprint density at radius 1 is 1.43 bits per heavy atom. The molecule has 0 aromatic carbocycles. The Bertz CT molecular complexity index is 349. The van der Waals surface area contributed by atoms with Crippen LogP contribution in [0.15, 0.2) is 12.7 Å². The van der Waals surface area contributed by atoms with Crippen molar-refractivity contribution in [3.05, 3.63) is 12.7 Å². The molecule has 120 valence electrons. The number of amidine groups is 1. The molecule has 1 fully saturated rings. The fourth-order valence-electron chi connectivity index (χ4n) is 2.99. The summed E-state index contributed by atoms with van der Waals surface area (Å²) in [5.41, 5.74) is 0. The second kappa shape index (κ2) is 9.72. The lowest BCUT2D eigenvalue weighted by molar-refractivity contribution is -0.131. The summed E-state index contributed by atoms with van der Waals surface area (Å²) >= 11 is 0. The predicted octanol–water partition coefficient (Wildman–Crippen LogP) is 3.62. The van der Waals surface area contributed by atoms with Crippen molar-refractivity contribution in [1.82, 2.24) is 4.90 Å². The van der Waals surface area contributed by atoms with Crippen LogP contribution in [0.3, 0.4) is 0 Å². The second-order valence-electron chi connectivity index (χ2n) is 6.05. The SMILES string of the molecule is C=CC(=N)N(CCOC)C(=O)C(C)CCC1CCCCC1. The van der Waals surface area contributed by atoms with Crippen molar-refractivity contribution in [2.45, 2.75) is 51.9 Å². The number of ether oxygens (including phenoxy) is 1. The first kappa shape index (κ1) is 17.9. The van der Waals surface area contributed by atoms with Crippen LogP contribution < -0.4 is 0 Å². The minimum Gasteiger partial charge on any atom is -0.383 e. The molecule has 0 aromatic rings. The Balaban J connectivity index is 2.47. The Kier molecular flexibility index (Phi) is 8.28. The van der Waals surface area contributed by atoms with E-state index in [4.69, 9.17) is 10.1 Å². The van der Waals surface area contributed by atoms with Gasteiger partial charge in [0.15, 0.2) is 0 Å². The maximum atomic E-state index is 12.5. The molecule has 0 saturated heterocycles. The minimum absolute atomic E-state index is 0.0211. The van der Waals surface area contributed by atoms with Crippen molar-refractivity contribution in [3.63, 3.8) is 0 Å². The highest BCUT2D eigenvalue weighted by Gasteiger charge is 2.23. The Morgan fingerprint density at radius 2 is 2.10 bits per heavy atom. The first-order valence-corrected chi connectivity index (χ1v) is 8.11. The fraction of sp³-hybridized carbons (Fsp3) is 0.765. The van der Waals surface area contributed by atoms with E-state index in [1.165, 1.54) is 43.1 Å². The topological polar surface area (TPSA) is 53.4 Å². The summed E-state index contributed by atoms with van der Waals surface area (Å²) in [5.74, 6) is 0.943. The Morgan fingerprint density at radius 3 is 2.67 bits per heavy atom. The molecule has 4 heteroatoms. The number of rotatable bonds is 8. The highest BCUT2D eigenvalue weighted by atomic mass is 16.5. The Hall–Kier alpha value is -1.16.